The molecule has 0 fully saturated rings. The van der Waals surface area contributed by atoms with E-state index < -0.39 is 0 Å². The Balaban J connectivity index is 1.43. The maximum Gasteiger partial charge on any atom is 0.330 e. The number of amides is 2. The van der Waals surface area contributed by atoms with Crippen LogP contribution < -0.4 is 10.6 Å². The summed E-state index contributed by atoms with van der Waals surface area (Å²) in [6, 6.07) is 15.2. The molecule has 0 aliphatic rings. The Morgan fingerprint density at radius 2 is 1.84 bits per heavy atom. The van der Waals surface area contributed by atoms with Crippen LogP contribution in [0.1, 0.15) is 23.7 Å². The van der Waals surface area contributed by atoms with E-state index >= 15 is 0 Å². The molecule has 1 heterocycles. The molecule has 160 valence electrons. The number of benzene rings is 2. The number of esters is 1. The number of nitrogens with one attached hydrogen (secondary N) is 2. The van der Waals surface area contributed by atoms with Crippen molar-refractivity contribution in [2.24, 2.45) is 0 Å². The molecule has 0 aliphatic carbocycles. The normalized spacial score (nSPS) is 10.8. The van der Waals surface area contributed by atoms with E-state index in [1.165, 1.54) is 11.6 Å². The van der Waals surface area contributed by atoms with Crippen LogP contribution in [0.15, 0.2) is 60.0 Å². The molecule has 1 aromatic heterocycles. The first-order valence-electron chi connectivity index (χ1n) is 10.0. The number of carbonyl (C=O) groups excluding carboxylic acids is 2. The predicted octanol–water partition coefficient (Wildman–Crippen LogP) is 5.06. The summed E-state index contributed by atoms with van der Waals surface area (Å²) in [5, 5.41) is 8.65. The zero-order chi connectivity index (χ0) is 22.1. The maximum atomic E-state index is 12.1. The number of hydrogen-bond acceptors (Lipinski definition) is 5. The van der Waals surface area contributed by atoms with Gasteiger partial charge in [-0.15, -0.1) is 11.3 Å². The monoisotopic (exact) mass is 435 g/mol. The van der Waals surface area contributed by atoms with Gasteiger partial charge in [-0.05, 0) is 37.6 Å². The topological polar surface area (TPSA) is 80.3 Å². The average molecular weight is 436 g/mol. The lowest BCUT2D eigenvalue weighted by Gasteiger charge is -2.07. The molecule has 0 saturated carbocycles. The second-order valence-corrected chi connectivity index (χ2v) is 7.71. The molecule has 3 aromatic rings. The van der Waals surface area contributed by atoms with Gasteiger partial charge >= 0.3 is 12.0 Å². The van der Waals surface area contributed by atoms with Crippen LogP contribution in [0.2, 0.25) is 0 Å². The molecular formula is C24H25N3O3S. The Morgan fingerprint density at radius 3 is 2.55 bits per heavy atom. The van der Waals surface area contributed by atoms with Gasteiger partial charge in [-0.25, -0.2) is 14.6 Å². The highest BCUT2D eigenvalue weighted by Crippen LogP contribution is 2.24. The third kappa shape index (κ3) is 7.08. The van der Waals surface area contributed by atoms with Gasteiger partial charge in [0.05, 0.1) is 12.3 Å². The lowest BCUT2D eigenvalue weighted by molar-refractivity contribution is -0.137. The number of aromatic nitrogens is 1. The van der Waals surface area contributed by atoms with E-state index in [0.717, 1.165) is 21.8 Å². The number of nitrogens with zero attached hydrogens (tertiary/aromatic N) is 1. The third-order valence-electron chi connectivity index (χ3n) is 4.38. The molecule has 0 atom stereocenters. The van der Waals surface area contributed by atoms with Gasteiger partial charge in [0.1, 0.15) is 5.01 Å². The molecule has 0 unspecified atom stereocenters. The molecule has 2 aromatic carbocycles. The van der Waals surface area contributed by atoms with Crippen LogP contribution in [0, 0.1) is 6.92 Å². The smallest absolute Gasteiger partial charge is 0.330 e. The molecule has 6 nitrogen and oxygen atoms in total. The predicted molar refractivity (Wildman–Crippen MR) is 125 cm³/mol. The van der Waals surface area contributed by atoms with E-state index in [4.69, 9.17) is 4.74 Å². The van der Waals surface area contributed by atoms with Crippen molar-refractivity contribution in [3.8, 4) is 10.6 Å². The number of ether oxygens (including phenoxy) is 1. The number of rotatable bonds is 8. The van der Waals surface area contributed by atoms with Crippen LogP contribution in [-0.4, -0.2) is 30.1 Å². The largest absolute Gasteiger partial charge is 0.463 e. The Hall–Kier alpha value is -3.45. The van der Waals surface area contributed by atoms with E-state index in [1.807, 2.05) is 17.5 Å². The fourth-order valence-electron chi connectivity index (χ4n) is 2.76. The van der Waals surface area contributed by atoms with Gasteiger partial charge in [0.25, 0.3) is 0 Å². The Kier molecular flexibility index (Phi) is 7.95. The quantitative estimate of drug-likeness (QED) is 0.383. The summed E-state index contributed by atoms with van der Waals surface area (Å²) in [6.07, 6.45) is 3.70. The van der Waals surface area contributed by atoms with Gasteiger partial charge in [0, 0.05) is 35.7 Å². The van der Waals surface area contributed by atoms with Crippen LogP contribution in [0.4, 0.5) is 10.5 Å². The fraction of sp³-hybridized carbons (Fsp3) is 0.208. The van der Waals surface area contributed by atoms with Crippen LogP contribution in [0.3, 0.4) is 0 Å². The molecule has 31 heavy (non-hydrogen) atoms. The molecular weight excluding hydrogens is 410 g/mol. The minimum absolute atomic E-state index is 0.274. The molecule has 0 radical (unpaired) electrons. The Labute approximate surface area is 186 Å². The standard InChI is InChI=1S/C24H25N3O3S/c1-3-30-22(28)13-8-18-6-11-20(12-7-18)27-24(29)25-15-14-21-16-31-23(26-21)19-9-4-17(2)5-10-19/h4-13,16H,3,14-15H2,1-2H3,(H2,25,27,29)/b13-8+. The third-order valence-corrected chi connectivity index (χ3v) is 5.32. The van der Waals surface area contributed by atoms with Gasteiger partial charge in [0.15, 0.2) is 0 Å². The van der Waals surface area contributed by atoms with Crippen molar-refractivity contribution >= 4 is 35.1 Å². The minimum Gasteiger partial charge on any atom is -0.463 e. The zero-order valence-corrected chi connectivity index (χ0v) is 18.4. The molecule has 7 heteroatoms. The molecule has 2 amide bonds. The molecule has 2 N–H and O–H groups in total. The molecule has 0 saturated heterocycles. The van der Waals surface area contributed by atoms with E-state index in [0.29, 0.717) is 25.3 Å². The van der Waals surface area contributed by atoms with Crippen molar-refractivity contribution in [1.82, 2.24) is 10.3 Å². The summed E-state index contributed by atoms with van der Waals surface area (Å²) in [6.45, 7) is 4.66. The number of urea groups is 1. The van der Waals surface area contributed by atoms with Crippen LogP contribution in [0.25, 0.3) is 16.6 Å². The van der Waals surface area contributed by atoms with Crippen molar-refractivity contribution in [3.63, 3.8) is 0 Å². The number of hydrogen-bond donors (Lipinski definition) is 2. The second-order valence-electron chi connectivity index (χ2n) is 6.85. The summed E-state index contributed by atoms with van der Waals surface area (Å²) in [4.78, 5) is 28.1. The molecule has 0 spiro atoms. The van der Waals surface area contributed by atoms with Gasteiger partial charge in [0.2, 0.25) is 0 Å². The van der Waals surface area contributed by atoms with Crippen LogP contribution in [-0.2, 0) is 16.0 Å². The summed E-state index contributed by atoms with van der Waals surface area (Å²) >= 11 is 1.61. The summed E-state index contributed by atoms with van der Waals surface area (Å²) in [7, 11) is 0. The van der Waals surface area contributed by atoms with E-state index in [-0.39, 0.29) is 12.0 Å². The highest BCUT2D eigenvalue weighted by molar-refractivity contribution is 7.13. The van der Waals surface area contributed by atoms with Crippen molar-refractivity contribution in [2.75, 3.05) is 18.5 Å². The molecule has 0 aliphatic heterocycles. The van der Waals surface area contributed by atoms with Crippen LogP contribution >= 0.6 is 11.3 Å². The number of carbonyl (C=O) groups is 2. The van der Waals surface area contributed by atoms with Gasteiger partial charge in [-0.2, -0.15) is 0 Å². The summed E-state index contributed by atoms with van der Waals surface area (Å²) < 4.78 is 4.84. The van der Waals surface area contributed by atoms with E-state index in [9.17, 15) is 9.59 Å². The van der Waals surface area contributed by atoms with Crippen molar-refractivity contribution < 1.29 is 14.3 Å². The maximum absolute atomic E-state index is 12.1. The highest BCUT2D eigenvalue weighted by Gasteiger charge is 2.06. The minimum atomic E-state index is -0.379. The number of anilines is 1. The highest BCUT2D eigenvalue weighted by atomic mass is 32.1. The first kappa shape index (κ1) is 22.2. The summed E-state index contributed by atoms with van der Waals surface area (Å²) in [5.74, 6) is -0.379. The van der Waals surface area contributed by atoms with Gasteiger partial charge < -0.3 is 15.4 Å². The molecule has 3 rings (SSSR count). The second kappa shape index (κ2) is 11.1. The Bertz CT molecular complexity index is 1040. The Morgan fingerprint density at radius 1 is 1.10 bits per heavy atom. The zero-order valence-electron chi connectivity index (χ0n) is 17.6. The first-order chi connectivity index (χ1) is 15.0. The lowest BCUT2D eigenvalue weighted by Crippen LogP contribution is -2.30. The van der Waals surface area contributed by atoms with Gasteiger partial charge in [-0.1, -0.05) is 42.0 Å². The van der Waals surface area contributed by atoms with Crippen molar-refractivity contribution in [2.45, 2.75) is 20.3 Å². The van der Waals surface area contributed by atoms with Crippen molar-refractivity contribution in [3.05, 3.63) is 76.8 Å². The number of thiazole rings is 1. The number of aryl methyl sites for hydroxylation is 1. The molecule has 0 bridgehead atoms. The van der Waals surface area contributed by atoms with Crippen LogP contribution in [0.5, 0.6) is 0 Å². The first-order valence-corrected chi connectivity index (χ1v) is 10.9. The van der Waals surface area contributed by atoms with Crippen molar-refractivity contribution in [1.29, 1.82) is 0 Å². The fourth-order valence-corrected chi connectivity index (χ4v) is 3.62. The SMILES string of the molecule is CCOC(=O)/C=C/c1ccc(NC(=O)NCCc2csc(-c3ccc(C)cc3)n2)cc1. The average Bonchev–Trinajstić information content (AvgIpc) is 3.23. The van der Waals surface area contributed by atoms with E-state index in [1.54, 1.807) is 36.5 Å². The van der Waals surface area contributed by atoms with Gasteiger partial charge in [-0.3, -0.25) is 0 Å². The summed E-state index contributed by atoms with van der Waals surface area (Å²) in [5.41, 5.74) is 4.79. The van der Waals surface area contributed by atoms with E-state index in [2.05, 4.69) is 46.8 Å². The lowest BCUT2D eigenvalue weighted by atomic mass is 10.2.